The Morgan fingerprint density at radius 3 is 3.29 bits per heavy atom. The van der Waals surface area contributed by atoms with E-state index in [1.807, 2.05) is 0 Å². The topological polar surface area (TPSA) is 55.0 Å². The fourth-order valence-electron chi connectivity index (χ4n) is 0.791. The summed E-state index contributed by atoms with van der Waals surface area (Å²) in [4.78, 5) is 17.8. The third-order valence-corrected chi connectivity index (χ3v) is 2.19. The van der Waals surface area contributed by atoms with E-state index < -0.39 is 0 Å². The summed E-state index contributed by atoms with van der Waals surface area (Å²) in [6.45, 7) is 2.19. The molecule has 0 atom stereocenters. The van der Waals surface area contributed by atoms with Crippen molar-refractivity contribution in [3.63, 3.8) is 0 Å². The van der Waals surface area contributed by atoms with Gasteiger partial charge >= 0.3 is 5.97 Å². The molecule has 0 spiro atoms. The van der Waals surface area contributed by atoms with Gasteiger partial charge in [0.2, 0.25) is 0 Å². The molecule has 4 nitrogen and oxygen atoms in total. The van der Waals surface area contributed by atoms with Crippen molar-refractivity contribution in [1.29, 1.82) is 0 Å². The van der Waals surface area contributed by atoms with Gasteiger partial charge in [0.15, 0.2) is 5.16 Å². The van der Waals surface area contributed by atoms with Gasteiger partial charge < -0.3 is 9.72 Å². The highest BCUT2D eigenvalue weighted by atomic mass is 32.2. The number of esters is 1. The number of rotatable bonds is 5. The fourth-order valence-corrected chi connectivity index (χ4v) is 1.43. The molecule has 0 unspecified atom stereocenters. The Labute approximate surface area is 86.8 Å². The minimum Gasteiger partial charge on any atom is -0.463 e. The molecule has 0 saturated carbocycles. The highest BCUT2D eigenvalue weighted by Gasteiger charge is 1.94. The number of thioether (sulfide) groups is 1. The molecule has 0 aliphatic heterocycles. The van der Waals surface area contributed by atoms with Crippen LogP contribution in [0.15, 0.2) is 29.7 Å². The zero-order valence-corrected chi connectivity index (χ0v) is 8.71. The lowest BCUT2D eigenvalue weighted by molar-refractivity contribution is -0.137. The number of hydrogen-bond acceptors (Lipinski definition) is 4. The number of imidazole rings is 1. The number of aromatic nitrogens is 2. The average molecular weight is 212 g/mol. The van der Waals surface area contributed by atoms with Crippen LogP contribution in [0.4, 0.5) is 0 Å². The number of carbonyl (C=O) groups is 1. The summed E-state index contributed by atoms with van der Waals surface area (Å²) in [6, 6.07) is 0. The first-order chi connectivity index (χ1) is 6.83. The van der Waals surface area contributed by atoms with E-state index in [0.29, 0.717) is 12.4 Å². The molecule has 0 radical (unpaired) electrons. The van der Waals surface area contributed by atoms with Crippen molar-refractivity contribution in [1.82, 2.24) is 9.97 Å². The van der Waals surface area contributed by atoms with Crippen LogP contribution in [-0.4, -0.2) is 28.3 Å². The van der Waals surface area contributed by atoms with E-state index in [2.05, 4.69) is 9.97 Å². The van der Waals surface area contributed by atoms with Crippen molar-refractivity contribution in [3.05, 3.63) is 24.5 Å². The van der Waals surface area contributed by atoms with Crippen LogP contribution in [-0.2, 0) is 9.53 Å². The third-order valence-electron chi connectivity index (χ3n) is 1.33. The molecule has 1 rings (SSSR count). The van der Waals surface area contributed by atoms with E-state index in [-0.39, 0.29) is 5.97 Å². The fraction of sp³-hybridized carbons (Fsp3) is 0.333. The van der Waals surface area contributed by atoms with Crippen LogP contribution in [0.3, 0.4) is 0 Å². The molecule has 0 amide bonds. The molecule has 1 heterocycles. The summed E-state index contributed by atoms with van der Waals surface area (Å²) in [5.74, 6) is 0.402. The second-order valence-electron chi connectivity index (χ2n) is 2.36. The zero-order chi connectivity index (χ0) is 10.2. The predicted octanol–water partition coefficient (Wildman–Crippen LogP) is 1.62. The Kier molecular flexibility index (Phi) is 4.85. The summed E-state index contributed by atoms with van der Waals surface area (Å²) in [7, 11) is 0. The van der Waals surface area contributed by atoms with E-state index in [0.717, 1.165) is 5.16 Å². The van der Waals surface area contributed by atoms with Crippen LogP contribution in [0.1, 0.15) is 6.92 Å². The number of ether oxygens (including phenoxy) is 1. The number of aromatic amines is 1. The van der Waals surface area contributed by atoms with Gasteiger partial charge in [-0.3, -0.25) is 0 Å². The van der Waals surface area contributed by atoms with E-state index >= 15 is 0 Å². The minimum atomic E-state index is -0.299. The monoisotopic (exact) mass is 212 g/mol. The van der Waals surface area contributed by atoms with E-state index in [4.69, 9.17) is 4.74 Å². The number of nitrogens with zero attached hydrogens (tertiary/aromatic N) is 1. The number of nitrogens with one attached hydrogen (secondary N) is 1. The summed E-state index contributed by atoms with van der Waals surface area (Å²) in [5, 5.41) is 0.846. The zero-order valence-electron chi connectivity index (χ0n) is 7.90. The lowest BCUT2D eigenvalue weighted by atomic mass is 10.5. The van der Waals surface area contributed by atoms with Crippen LogP contribution < -0.4 is 0 Å². The average Bonchev–Trinajstić information content (AvgIpc) is 2.65. The molecule has 0 aromatic carbocycles. The highest BCUT2D eigenvalue weighted by Crippen LogP contribution is 2.10. The van der Waals surface area contributed by atoms with Crippen LogP contribution in [0.25, 0.3) is 0 Å². The van der Waals surface area contributed by atoms with Crippen LogP contribution >= 0.6 is 11.8 Å². The molecule has 1 aromatic rings. The molecule has 1 N–H and O–H groups in total. The maximum atomic E-state index is 10.9. The van der Waals surface area contributed by atoms with Gasteiger partial charge in [-0.25, -0.2) is 9.78 Å². The Morgan fingerprint density at radius 2 is 2.64 bits per heavy atom. The Hall–Kier alpha value is -1.23. The summed E-state index contributed by atoms with van der Waals surface area (Å²) in [5.41, 5.74) is 0. The van der Waals surface area contributed by atoms with Crippen LogP contribution in [0, 0.1) is 0 Å². The number of carbonyl (C=O) groups excluding carboxylic acids is 1. The quantitative estimate of drug-likeness (QED) is 0.458. The molecular formula is C9H12N2O2S. The van der Waals surface area contributed by atoms with Gasteiger partial charge in [-0.05, 0) is 6.92 Å². The summed E-state index contributed by atoms with van der Waals surface area (Å²) in [6.07, 6.45) is 6.64. The maximum absolute atomic E-state index is 10.9. The predicted molar refractivity (Wildman–Crippen MR) is 55.1 cm³/mol. The molecule has 76 valence electrons. The first-order valence-electron chi connectivity index (χ1n) is 4.28. The molecule has 0 fully saturated rings. The second kappa shape index (κ2) is 6.26. The first kappa shape index (κ1) is 10.8. The van der Waals surface area contributed by atoms with Gasteiger partial charge in [-0.15, -0.1) is 0 Å². The molecule has 0 bridgehead atoms. The maximum Gasteiger partial charge on any atom is 0.330 e. The number of H-pyrrole nitrogens is 1. The molecular weight excluding hydrogens is 200 g/mol. The Bertz CT molecular complexity index is 296. The van der Waals surface area contributed by atoms with Gasteiger partial charge in [0.25, 0.3) is 0 Å². The van der Waals surface area contributed by atoms with Crippen molar-refractivity contribution in [2.75, 3.05) is 12.4 Å². The Balaban J connectivity index is 2.18. The summed E-state index contributed by atoms with van der Waals surface area (Å²) >= 11 is 1.53. The van der Waals surface area contributed by atoms with Crippen molar-refractivity contribution < 1.29 is 9.53 Å². The van der Waals surface area contributed by atoms with E-state index in [1.165, 1.54) is 17.8 Å². The smallest absolute Gasteiger partial charge is 0.330 e. The minimum absolute atomic E-state index is 0.299. The normalized spacial score (nSPS) is 10.6. The van der Waals surface area contributed by atoms with E-state index in [9.17, 15) is 4.79 Å². The lowest BCUT2D eigenvalue weighted by Gasteiger charge is -1.94. The molecule has 0 aliphatic rings. The van der Waals surface area contributed by atoms with Crippen molar-refractivity contribution in [2.45, 2.75) is 12.1 Å². The first-order valence-corrected chi connectivity index (χ1v) is 5.27. The van der Waals surface area contributed by atoms with Crippen LogP contribution in [0.2, 0.25) is 0 Å². The highest BCUT2D eigenvalue weighted by molar-refractivity contribution is 7.99. The van der Waals surface area contributed by atoms with Gasteiger partial charge in [0.05, 0.1) is 6.61 Å². The Morgan fingerprint density at radius 1 is 1.79 bits per heavy atom. The summed E-state index contributed by atoms with van der Waals surface area (Å²) < 4.78 is 4.72. The number of hydrogen-bond donors (Lipinski definition) is 1. The molecule has 14 heavy (non-hydrogen) atoms. The van der Waals surface area contributed by atoms with Gasteiger partial charge in [-0.2, -0.15) is 0 Å². The standard InChI is InChI=1S/C9H12N2O2S/c1-2-13-8(12)4-3-7-14-9-10-5-6-11-9/h3-6H,2,7H2,1H3,(H,10,11)/b4-3+. The third kappa shape index (κ3) is 4.13. The van der Waals surface area contributed by atoms with Gasteiger partial charge in [0, 0.05) is 24.2 Å². The van der Waals surface area contributed by atoms with Crippen molar-refractivity contribution in [2.24, 2.45) is 0 Å². The van der Waals surface area contributed by atoms with Crippen molar-refractivity contribution >= 4 is 17.7 Å². The van der Waals surface area contributed by atoms with E-state index in [1.54, 1.807) is 25.4 Å². The van der Waals surface area contributed by atoms with Gasteiger partial charge in [0.1, 0.15) is 0 Å². The molecule has 0 aliphatic carbocycles. The van der Waals surface area contributed by atoms with Crippen LogP contribution in [0.5, 0.6) is 0 Å². The largest absolute Gasteiger partial charge is 0.463 e. The lowest BCUT2D eigenvalue weighted by Crippen LogP contribution is -1.98. The molecule has 0 saturated heterocycles. The second-order valence-corrected chi connectivity index (χ2v) is 3.37. The molecule has 1 aromatic heterocycles. The SMILES string of the molecule is CCOC(=O)/C=C/CSc1ncc[nH]1. The van der Waals surface area contributed by atoms with Gasteiger partial charge in [-0.1, -0.05) is 17.8 Å². The van der Waals surface area contributed by atoms with Crippen molar-refractivity contribution in [3.8, 4) is 0 Å². The molecule has 5 heteroatoms.